The van der Waals surface area contributed by atoms with Gasteiger partial charge in [-0.15, -0.1) is 0 Å². The predicted octanol–water partition coefficient (Wildman–Crippen LogP) is 4.84. The second kappa shape index (κ2) is 4.25. The molecule has 0 saturated carbocycles. The van der Waals surface area contributed by atoms with Crippen LogP contribution in [0.5, 0.6) is 0 Å². The lowest BCUT2D eigenvalue weighted by Crippen LogP contribution is -2.25. The van der Waals surface area contributed by atoms with Crippen LogP contribution < -0.4 is 0 Å². The average Bonchev–Trinajstić information content (AvgIpc) is 2.09. The molecule has 0 amide bonds. The maximum absolute atomic E-state index is 14.3. The van der Waals surface area contributed by atoms with Gasteiger partial charge in [0.05, 0.1) is 0 Å². The van der Waals surface area contributed by atoms with Crippen LogP contribution in [0.25, 0.3) is 0 Å². The lowest BCUT2D eigenvalue weighted by atomic mass is 9.79. The molecule has 0 radical (unpaired) electrons. The molecule has 1 rings (SSSR count). The number of hydrogen-bond donors (Lipinski definition) is 0. The van der Waals surface area contributed by atoms with Gasteiger partial charge in [-0.3, -0.25) is 0 Å². The summed E-state index contributed by atoms with van der Waals surface area (Å²) in [6.07, 6.45) is 0. The molecule has 0 N–H and O–H groups in total. The third kappa shape index (κ3) is 2.38. The van der Waals surface area contributed by atoms with Crippen LogP contribution >= 0.6 is 0 Å². The van der Waals surface area contributed by atoms with Crippen LogP contribution in [0.1, 0.15) is 52.7 Å². The van der Waals surface area contributed by atoms with Gasteiger partial charge >= 0.3 is 0 Å². The summed E-state index contributed by atoms with van der Waals surface area (Å²) in [6, 6.07) is 0. The van der Waals surface area contributed by atoms with Crippen molar-refractivity contribution in [3.05, 3.63) is 34.4 Å². The summed E-state index contributed by atoms with van der Waals surface area (Å²) >= 11 is 0. The molecule has 0 heterocycles. The molecule has 0 bridgehead atoms. The Morgan fingerprint density at radius 2 is 0.778 bits per heavy atom. The highest BCUT2D eigenvalue weighted by Crippen LogP contribution is 2.37. The Morgan fingerprint density at radius 1 is 0.500 bits per heavy atom. The topological polar surface area (TPSA) is 0 Å². The van der Waals surface area contributed by atoms with Crippen molar-refractivity contribution < 1.29 is 17.6 Å². The van der Waals surface area contributed by atoms with Gasteiger partial charge in [0.25, 0.3) is 0 Å². The van der Waals surface area contributed by atoms with Crippen LogP contribution in [-0.2, 0) is 10.8 Å². The Morgan fingerprint density at radius 3 is 1.00 bits per heavy atom. The second-order valence-corrected chi connectivity index (χ2v) is 6.51. The van der Waals surface area contributed by atoms with E-state index < -0.39 is 45.2 Å². The molecule has 0 saturated heterocycles. The molecule has 0 unspecified atom stereocenters. The first-order valence-corrected chi connectivity index (χ1v) is 5.76. The summed E-state index contributed by atoms with van der Waals surface area (Å²) in [7, 11) is 0. The van der Waals surface area contributed by atoms with Gasteiger partial charge in [0.1, 0.15) is 5.82 Å². The highest BCUT2D eigenvalue weighted by Gasteiger charge is 2.35. The molecular weight excluding hydrogens is 244 g/mol. The first kappa shape index (κ1) is 15.0. The van der Waals surface area contributed by atoms with Crippen molar-refractivity contribution >= 4 is 0 Å². The van der Waals surface area contributed by atoms with Crippen molar-refractivity contribution in [1.29, 1.82) is 0 Å². The minimum absolute atomic E-state index is 0.411. The molecular formula is C14H18F4. The molecule has 0 atom stereocenters. The molecule has 0 spiro atoms. The van der Waals surface area contributed by atoms with Crippen LogP contribution in [0, 0.1) is 23.3 Å². The fourth-order valence-corrected chi connectivity index (χ4v) is 1.95. The van der Waals surface area contributed by atoms with Crippen molar-refractivity contribution in [3.63, 3.8) is 0 Å². The van der Waals surface area contributed by atoms with E-state index in [-0.39, 0.29) is 0 Å². The molecule has 1 aromatic rings. The normalized spacial score (nSPS) is 13.0. The third-order valence-corrected chi connectivity index (χ3v) is 2.76. The van der Waals surface area contributed by atoms with E-state index in [1.807, 2.05) is 0 Å². The van der Waals surface area contributed by atoms with Crippen LogP contribution in [0.4, 0.5) is 17.6 Å². The Bertz CT molecular complexity index is 435. The van der Waals surface area contributed by atoms with E-state index in [4.69, 9.17) is 0 Å². The van der Waals surface area contributed by atoms with Crippen LogP contribution in [0.2, 0.25) is 0 Å². The van der Waals surface area contributed by atoms with Gasteiger partial charge in [0.2, 0.25) is 0 Å². The quantitative estimate of drug-likeness (QED) is 0.356. The summed E-state index contributed by atoms with van der Waals surface area (Å²) in [5, 5.41) is 0. The largest absolute Gasteiger partial charge is 0.206 e. The Balaban J connectivity index is 3.83. The number of hydrogen-bond acceptors (Lipinski definition) is 0. The number of rotatable bonds is 0. The summed E-state index contributed by atoms with van der Waals surface area (Å²) in [4.78, 5) is 0. The van der Waals surface area contributed by atoms with E-state index in [2.05, 4.69) is 0 Å². The summed E-state index contributed by atoms with van der Waals surface area (Å²) < 4.78 is 55.4. The van der Waals surface area contributed by atoms with Crippen LogP contribution in [0.15, 0.2) is 0 Å². The minimum atomic E-state index is -1.61. The fourth-order valence-electron chi connectivity index (χ4n) is 1.95. The van der Waals surface area contributed by atoms with E-state index in [0.717, 1.165) is 0 Å². The molecule has 4 heteroatoms. The van der Waals surface area contributed by atoms with Gasteiger partial charge in [0.15, 0.2) is 17.5 Å². The van der Waals surface area contributed by atoms with E-state index >= 15 is 0 Å². The maximum atomic E-state index is 14.3. The van der Waals surface area contributed by atoms with E-state index in [9.17, 15) is 17.6 Å². The highest BCUT2D eigenvalue weighted by atomic mass is 19.2. The van der Waals surface area contributed by atoms with Crippen molar-refractivity contribution in [3.8, 4) is 0 Å². The Kier molecular flexibility index (Phi) is 3.54. The highest BCUT2D eigenvalue weighted by molar-refractivity contribution is 5.38. The Labute approximate surface area is 105 Å². The SMILES string of the molecule is CC(C)(C)c1c(F)c(F)c(F)c(C(C)(C)C)c1F. The smallest absolute Gasteiger partial charge is 0.195 e. The number of benzene rings is 1. The van der Waals surface area contributed by atoms with Gasteiger partial charge in [-0.1, -0.05) is 41.5 Å². The fraction of sp³-hybridized carbons (Fsp3) is 0.571. The molecule has 0 aliphatic heterocycles. The molecule has 102 valence electrons. The molecule has 0 aliphatic rings. The van der Waals surface area contributed by atoms with Crippen molar-refractivity contribution in [1.82, 2.24) is 0 Å². The summed E-state index contributed by atoms with van der Waals surface area (Å²) in [6.45, 7) is 9.32. The maximum Gasteiger partial charge on any atom is 0.195 e. The predicted molar refractivity (Wildman–Crippen MR) is 63.7 cm³/mol. The Hall–Kier alpha value is -1.06. The average molecular weight is 262 g/mol. The number of halogens is 4. The zero-order chi connectivity index (χ0) is 14.5. The third-order valence-electron chi connectivity index (χ3n) is 2.76. The lowest BCUT2D eigenvalue weighted by molar-refractivity contribution is 0.372. The lowest BCUT2D eigenvalue weighted by Gasteiger charge is -2.27. The van der Waals surface area contributed by atoms with E-state index in [1.165, 1.54) is 0 Å². The molecule has 0 fully saturated rings. The van der Waals surface area contributed by atoms with Crippen LogP contribution in [0.3, 0.4) is 0 Å². The van der Waals surface area contributed by atoms with Crippen LogP contribution in [-0.4, -0.2) is 0 Å². The second-order valence-electron chi connectivity index (χ2n) is 6.51. The molecule has 0 nitrogen and oxygen atoms in total. The monoisotopic (exact) mass is 262 g/mol. The molecule has 18 heavy (non-hydrogen) atoms. The van der Waals surface area contributed by atoms with Crippen molar-refractivity contribution in [2.75, 3.05) is 0 Å². The molecule has 1 aromatic carbocycles. The first-order chi connectivity index (χ1) is 7.89. The van der Waals surface area contributed by atoms with E-state index in [1.54, 1.807) is 41.5 Å². The van der Waals surface area contributed by atoms with E-state index in [0.29, 0.717) is 0 Å². The summed E-state index contributed by atoms with van der Waals surface area (Å²) in [5.41, 5.74) is -2.71. The van der Waals surface area contributed by atoms with Gasteiger partial charge in [-0.05, 0) is 10.8 Å². The molecule has 0 aliphatic carbocycles. The van der Waals surface area contributed by atoms with Gasteiger partial charge in [0, 0.05) is 11.1 Å². The van der Waals surface area contributed by atoms with Crippen molar-refractivity contribution in [2.24, 2.45) is 0 Å². The first-order valence-electron chi connectivity index (χ1n) is 5.76. The minimum Gasteiger partial charge on any atom is -0.206 e. The zero-order valence-electron chi connectivity index (χ0n) is 11.5. The van der Waals surface area contributed by atoms with Gasteiger partial charge in [-0.25, -0.2) is 17.6 Å². The van der Waals surface area contributed by atoms with Gasteiger partial charge in [-0.2, -0.15) is 0 Å². The van der Waals surface area contributed by atoms with Gasteiger partial charge < -0.3 is 0 Å². The van der Waals surface area contributed by atoms with Crippen molar-refractivity contribution in [2.45, 2.75) is 52.4 Å². The zero-order valence-corrected chi connectivity index (χ0v) is 11.5. The standard InChI is InChI=1S/C14H18F4/c1-13(2,3)7-9(15)8(14(4,5)6)11(17)12(18)10(7)16/h1-6H3. The molecule has 0 aromatic heterocycles. The summed E-state index contributed by atoms with van der Waals surface area (Å²) in [5.74, 6) is -5.48.